The lowest BCUT2D eigenvalue weighted by Gasteiger charge is -1.90. The summed E-state index contributed by atoms with van der Waals surface area (Å²) in [5.41, 5.74) is 11.9. The molecule has 0 aliphatic rings. The van der Waals surface area contributed by atoms with Gasteiger partial charge in [-0.05, 0) is 12.1 Å². The second-order valence-electron chi connectivity index (χ2n) is 2.82. The van der Waals surface area contributed by atoms with Crippen LogP contribution < -0.4 is 11.5 Å². The highest BCUT2D eigenvalue weighted by atomic mass is 16.5. The predicted octanol–water partition coefficient (Wildman–Crippen LogP) is 2.25. The molecule has 0 bridgehead atoms. The van der Waals surface area contributed by atoms with Gasteiger partial charge in [0, 0.05) is 0 Å². The van der Waals surface area contributed by atoms with Crippen LogP contribution in [0.25, 0.3) is 0 Å². The van der Waals surface area contributed by atoms with Crippen molar-refractivity contribution in [3.8, 4) is 0 Å². The van der Waals surface area contributed by atoms with E-state index in [1.165, 1.54) is 0 Å². The molecule has 4 N–H and O–H groups in total. The predicted molar refractivity (Wildman–Crippen MR) is 55.9 cm³/mol. The summed E-state index contributed by atoms with van der Waals surface area (Å²) in [6.07, 6.45) is 0. The van der Waals surface area contributed by atoms with Crippen molar-refractivity contribution in [1.82, 2.24) is 5.16 Å². The lowest BCUT2D eigenvalue weighted by Crippen LogP contribution is -1.84. The van der Waals surface area contributed by atoms with Crippen LogP contribution in [0.15, 0.2) is 45.1 Å². The zero-order valence-electron chi connectivity index (χ0n) is 7.79. The summed E-state index contributed by atoms with van der Waals surface area (Å²) in [7, 11) is 0. The third-order valence-electron chi connectivity index (χ3n) is 1.74. The van der Waals surface area contributed by atoms with Crippen molar-refractivity contribution in [2.75, 3.05) is 11.5 Å². The summed E-state index contributed by atoms with van der Waals surface area (Å²) in [6, 6.07) is 9.22. The molecule has 0 spiro atoms. The Morgan fingerprint density at radius 1 is 1.07 bits per heavy atom. The van der Waals surface area contributed by atoms with Crippen LogP contribution >= 0.6 is 0 Å². The normalized spacial score (nSPS) is 10.9. The Hall–Kier alpha value is -2.37. The fraction of sp³-hybridized carbons (Fsp3) is 0. The van der Waals surface area contributed by atoms with Crippen molar-refractivity contribution in [3.63, 3.8) is 0 Å². The molecule has 1 aromatic heterocycles. The molecule has 0 radical (unpaired) electrons. The van der Waals surface area contributed by atoms with Crippen molar-refractivity contribution < 1.29 is 4.52 Å². The number of nitrogens with two attached hydrogens (primary N) is 2. The minimum atomic E-state index is 0.0622. The monoisotopic (exact) mass is 203 g/mol. The summed E-state index contributed by atoms with van der Waals surface area (Å²) >= 11 is 0. The summed E-state index contributed by atoms with van der Waals surface area (Å²) in [5.74, 6) is 0.194. The molecule has 15 heavy (non-hydrogen) atoms. The zero-order valence-corrected chi connectivity index (χ0v) is 7.79. The number of rotatable bonds is 2. The van der Waals surface area contributed by atoms with Crippen LogP contribution in [-0.4, -0.2) is 5.16 Å². The van der Waals surface area contributed by atoms with Gasteiger partial charge in [0.25, 0.3) is 5.88 Å². The van der Waals surface area contributed by atoms with Gasteiger partial charge in [-0.25, -0.2) is 0 Å². The molecule has 0 aliphatic carbocycles. The van der Waals surface area contributed by atoms with Crippen LogP contribution in [-0.2, 0) is 0 Å². The molecule has 1 heterocycles. The molecular weight excluding hydrogens is 194 g/mol. The van der Waals surface area contributed by atoms with Crippen molar-refractivity contribution in [2.45, 2.75) is 0 Å². The van der Waals surface area contributed by atoms with Gasteiger partial charge < -0.3 is 16.0 Å². The lowest BCUT2D eigenvalue weighted by molar-refractivity contribution is 0.440. The van der Waals surface area contributed by atoms with E-state index in [1.807, 2.05) is 30.3 Å². The van der Waals surface area contributed by atoms with Crippen molar-refractivity contribution in [2.24, 2.45) is 10.2 Å². The van der Waals surface area contributed by atoms with Gasteiger partial charge >= 0.3 is 0 Å². The van der Waals surface area contributed by atoms with E-state index >= 15 is 0 Å². The first-order valence-corrected chi connectivity index (χ1v) is 4.25. The number of azo groups is 1. The van der Waals surface area contributed by atoms with Gasteiger partial charge in [0.05, 0.1) is 5.69 Å². The Balaban J connectivity index is 2.26. The highest BCUT2D eigenvalue weighted by Crippen LogP contribution is 2.29. The van der Waals surface area contributed by atoms with Crippen LogP contribution in [0, 0.1) is 0 Å². The van der Waals surface area contributed by atoms with E-state index in [1.54, 1.807) is 0 Å². The van der Waals surface area contributed by atoms with E-state index in [9.17, 15) is 0 Å². The molecule has 0 saturated heterocycles. The number of nitrogens with zero attached hydrogens (tertiary/aromatic N) is 3. The van der Waals surface area contributed by atoms with Gasteiger partial charge in [-0.15, -0.1) is 5.11 Å². The second kappa shape index (κ2) is 3.79. The molecule has 0 amide bonds. The maximum absolute atomic E-state index is 5.47. The molecule has 6 nitrogen and oxygen atoms in total. The molecule has 6 heteroatoms. The highest BCUT2D eigenvalue weighted by molar-refractivity contribution is 5.68. The standard InChI is InChI=1S/C9H9N5O/c10-8-7(9(11)15-14-8)13-12-6-4-2-1-3-5-6/h1-5H,11H2,(H2,10,14). The minimum Gasteiger partial charge on any atom is -0.379 e. The molecular formula is C9H9N5O. The van der Waals surface area contributed by atoms with Gasteiger partial charge in [-0.3, -0.25) is 0 Å². The maximum Gasteiger partial charge on any atom is 0.252 e. The Morgan fingerprint density at radius 3 is 2.40 bits per heavy atom. The minimum absolute atomic E-state index is 0.0622. The van der Waals surface area contributed by atoms with Crippen LogP contribution in [0.3, 0.4) is 0 Å². The molecule has 0 atom stereocenters. The number of nitrogen functional groups attached to an aromatic ring is 2. The zero-order chi connectivity index (χ0) is 10.7. The SMILES string of the molecule is Nc1noc(N)c1N=Nc1ccccc1. The Kier molecular flexibility index (Phi) is 2.32. The number of aromatic nitrogens is 1. The van der Waals surface area contributed by atoms with Gasteiger partial charge in [-0.1, -0.05) is 23.4 Å². The molecule has 1 aromatic carbocycles. The molecule has 0 fully saturated rings. The van der Waals surface area contributed by atoms with E-state index in [2.05, 4.69) is 19.9 Å². The van der Waals surface area contributed by atoms with E-state index in [0.717, 1.165) is 0 Å². The fourth-order valence-electron chi connectivity index (χ4n) is 1.01. The smallest absolute Gasteiger partial charge is 0.252 e. The van der Waals surface area contributed by atoms with Gasteiger partial charge in [0.15, 0.2) is 11.5 Å². The van der Waals surface area contributed by atoms with Crippen LogP contribution in [0.2, 0.25) is 0 Å². The first-order valence-electron chi connectivity index (χ1n) is 4.25. The third-order valence-corrected chi connectivity index (χ3v) is 1.74. The Bertz CT molecular complexity index is 457. The molecule has 0 unspecified atom stereocenters. The third kappa shape index (κ3) is 1.93. The Labute approximate surface area is 85.6 Å². The fourth-order valence-corrected chi connectivity index (χ4v) is 1.01. The van der Waals surface area contributed by atoms with Gasteiger partial charge in [-0.2, -0.15) is 5.11 Å². The largest absolute Gasteiger partial charge is 0.379 e. The van der Waals surface area contributed by atoms with Crippen molar-refractivity contribution in [1.29, 1.82) is 0 Å². The molecule has 76 valence electrons. The van der Waals surface area contributed by atoms with Gasteiger partial charge in [0.1, 0.15) is 0 Å². The molecule has 0 aliphatic heterocycles. The number of hydrogen-bond donors (Lipinski definition) is 2. The maximum atomic E-state index is 5.47. The van der Waals surface area contributed by atoms with Crippen LogP contribution in [0.5, 0.6) is 0 Å². The summed E-state index contributed by atoms with van der Waals surface area (Å²) in [5, 5.41) is 11.2. The average Bonchev–Trinajstić information content (AvgIpc) is 2.58. The molecule has 0 saturated carbocycles. The first-order chi connectivity index (χ1) is 7.27. The van der Waals surface area contributed by atoms with Crippen molar-refractivity contribution in [3.05, 3.63) is 30.3 Å². The van der Waals surface area contributed by atoms with Crippen molar-refractivity contribution >= 4 is 23.1 Å². The molecule has 2 rings (SSSR count). The number of anilines is 2. The highest BCUT2D eigenvalue weighted by Gasteiger charge is 2.09. The summed E-state index contributed by atoms with van der Waals surface area (Å²) < 4.78 is 4.63. The summed E-state index contributed by atoms with van der Waals surface area (Å²) in [4.78, 5) is 0. The summed E-state index contributed by atoms with van der Waals surface area (Å²) in [6.45, 7) is 0. The number of benzene rings is 1. The second-order valence-corrected chi connectivity index (χ2v) is 2.82. The Morgan fingerprint density at radius 2 is 1.80 bits per heavy atom. The van der Waals surface area contributed by atoms with E-state index in [4.69, 9.17) is 11.5 Å². The number of hydrogen-bond acceptors (Lipinski definition) is 6. The first kappa shape index (κ1) is 9.20. The average molecular weight is 203 g/mol. The topological polar surface area (TPSA) is 103 Å². The lowest BCUT2D eigenvalue weighted by atomic mass is 10.3. The van der Waals surface area contributed by atoms with E-state index in [0.29, 0.717) is 5.69 Å². The molecule has 2 aromatic rings. The van der Waals surface area contributed by atoms with Crippen LogP contribution in [0.1, 0.15) is 0 Å². The van der Waals surface area contributed by atoms with E-state index in [-0.39, 0.29) is 17.4 Å². The van der Waals surface area contributed by atoms with E-state index < -0.39 is 0 Å². The van der Waals surface area contributed by atoms with Gasteiger partial charge in [0.2, 0.25) is 0 Å². The quantitative estimate of drug-likeness (QED) is 0.730. The van der Waals surface area contributed by atoms with Crippen LogP contribution in [0.4, 0.5) is 23.1 Å².